The van der Waals surface area contributed by atoms with Crippen LogP contribution in [0.1, 0.15) is 18.2 Å². The number of pyridine rings is 1. The molecule has 2 rings (SSSR count). The van der Waals surface area contributed by atoms with E-state index in [0.29, 0.717) is 11.6 Å². The molecule has 0 fully saturated rings. The molecular formula is C12H13N5O. The van der Waals surface area contributed by atoms with Gasteiger partial charge in [0.25, 0.3) is 5.56 Å². The zero-order chi connectivity index (χ0) is 13.0. The van der Waals surface area contributed by atoms with Crippen molar-refractivity contribution in [3.8, 4) is 0 Å². The van der Waals surface area contributed by atoms with E-state index < -0.39 is 0 Å². The first-order valence-corrected chi connectivity index (χ1v) is 5.44. The number of rotatable bonds is 3. The Bertz CT molecular complexity index is 618. The SMILES string of the molecule is C/C(=N/Nc1nc(C)cc(=O)[nH]1)c1ccncc1. The number of hydrogen-bond donors (Lipinski definition) is 2. The quantitative estimate of drug-likeness (QED) is 0.629. The van der Waals surface area contributed by atoms with E-state index in [1.807, 2.05) is 19.1 Å². The van der Waals surface area contributed by atoms with E-state index in [9.17, 15) is 4.79 Å². The molecule has 92 valence electrons. The van der Waals surface area contributed by atoms with E-state index in [1.165, 1.54) is 6.07 Å². The zero-order valence-electron chi connectivity index (χ0n) is 10.1. The number of nitrogens with zero attached hydrogens (tertiary/aromatic N) is 3. The molecule has 0 radical (unpaired) electrons. The van der Waals surface area contributed by atoms with Crippen molar-refractivity contribution >= 4 is 11.7 Å². The van der Waals surface area contributed by atoms with Crippen LogP contribution in [-0.2, 0) is 0 Å². The Morgan fingerprint density at radius 2 is 2.11 bits per heavy atom. The Labute approximate surface area is 104 Å². The lowest BCUT2D eigenvalue weighted by Gasteiger charge is -2.02. The smallest absolute Gasteiger partial charge is 0.252 e. The van der Waals surface area contributed by atoms with Gasteiger partial charge in [-0.2, -0.15) is 5.10 Å². The van der Waals surface area contributed by atoms with Crippen molar-refractivity contribution in [1.82, 2.24) is 15.0 Å². The summed E-state index contributed by atoms with van der Waals surface area (Å²) in [5.41, 5.74) is 4.89. The van der Waals surface area contributed by atoms with Crippen molar-refractivity contribution in [3.05, 3.63) is 52.2 Å². The van der Waals surface area contributed by atoms with Gasteiger partial charge in [-0.15, -0.1) is 0 Å². The first-order chi connectivity index (χ1) is 8.65. The average Bonchev–Trinajstić information content (AvgIpc) is 2.36. The number of anilines is 1. The highest BCUT2D eigenvalue weighted by atomic mass is 16.1. The molecule has 0 unspecified atom stereocenters. The van der Waals surface area contributed by atoms with Gasteiger partial charge in [0.15, 0.2) is 0 Å². The molecule has 2 N–H and O–H groups in total. The number of H-pyrrole nitrogens is 1. The molecule has 0 atom stereocenters. The summed E-state index contributed by atoms with van der Waals surface area (Å²) in [6.45, 7) is 3.61. The molecule has 0 saturated carbocycles. The Kier molecular flexibility index (Phi) is 3.47. The highest BCUT2D eigenvalue weighted by molar-refractivity contribution is 5.98. The number of hydrazone groups is 1. The molecule has 0 saturated heterocycles. The van der Waals surface area contributed by atoms with Crippen LogP contribution >= 0.6 is 0 Å². The molecular weight excluding hydrogens is 230 g/mol. The van der Waals surface area contributed by atoms with Crippen LogP contribution in [-0.4, -0.2) is 20.7 Å². The van der Waals surface area contributed by atoms with Crippen molar-refractivity contribution < 1.29 is 0 Å². The van der Waals surface area contributed by atoms with Gasteiger partial charge in [0.05, 0.1) is 5.71 Å². The maximum Gasteiger partial charge on any atom is 0.252 e. The van der Waals surface area contributed by atoms with Crippen molar-refractivity contribution in [1.29, 1.82) is 0 Å². The highest BCUT2D eigenvalue weighted by Gasteiger charge is 1.98. The van der Waals surface area contributed by atoms with Gasteiger partial charge in [0.2, 0.25) is 5.95 Å². The van der Waals surface area contributed by atoms with E-state index in [1.54, 1.807) is 19.3 Å². The lowest BCUT2D eigenvalue weighted by molar-refractivity contribution is 1.04. The van der Waals surface area contributed by atoms with E-state index in [-0.39, 0.29) is 5.56 Å². The fourth-order valence-corrected chi connectivity index (χ4v) is 1.43. The van der Waals surface area contributed by atoms with Crippen molar-refractivity contribution in [2.24, 2.45) is 5.10 Å². The molecule has 0 aliphatic heterocycles. The summed E-state index contributed by atoms with van der Waals surface area (Å²) in [6.07, 6.45) is 3.39. The minimum absolute atomic E-state index is 0.207. The molecule has 2 aromatic rings. The molecule has 0 aromatic carbocycles. The van der Waals surface area contributed by atoms with Crippen LogP contribution in [0.3, 0.4) is 0 Å². The van der Waals surface area contributed by atoms with Gasteiger partial charge in [-0.25, -0.2) is 10.4 Å². The van der Waals surface area contributed by atoms with Gasteiger partial charge in [0, 0.05) is 29.7 Å². The minimum Gasteiger partial charge on any atom is -0.291 e. The predicted octanol–water partition coefficient (Wildman–Crippen LogP) is 1.31. The van der Waals surface area contributed by atoms with Crippen molar-refractivity contribution in [2.75, 3.05) is 5.43 Å². The lowest BCUT2D eigenvalue weighted by Crippen LogP contribution is -2.11. The summed E-state index contributed by atoms with van der Waals surface area (Å²) in [5, 5.41) is 4.15. The van der Waals surface area contributed by atoms with Crippen LogP contribution in [0, 0.1) is 6.92 Å². The molecule has 0 amide bonds. The molecule has 0 spiro atoms. The second kappa shape index (κ2) is 5.22. The molecule has 2 heterocycles. The standard InChI is InChI=1S/C12H13N5O/c1-8-7-11(18)15-12(14-8)17-16-9(2)10-3-5-13-6-4-10/h3-7H,1-2H3,(H2,14,15,17,18)/b16-9-. The molecule has 0 bridgehead atoms. The largest absolute Gasteiger partial charge is 0.291 e. The second-order valence-corrected chi connectivity index (χ2v) is 3.78. The van der Waals surface area contributed by atoms with Gasteiger partial charge in [-0.1, -0.05) is 0 Å². The molecule has 6 heteroatoms. The van der Waals surface area contributed by atoms with Crippen molar-refractivity contribution in [2.45, 2.75) is 13.8 Å². The van der Waals surface area contributed by atoms with Crippen LogP contribution in [0.25, 0.3) is 0 Å². The van der Waals surface area contributed by atoms with E-state index in [2.05, 4.69) is 25.5 Å². The fraction of sp³-hybridized carbons (Fsp3) is 0.167. The summed E-state index contributed by atoms with van der Waals surface area (Å²) in [5.74, 6) is 0.327. The number of nitrogens with one attached hydrogen (secondary N) is 2. The van der Waals surface area contributed by atoms with Gasteiger partial charge >= 0.3 is 0 Å². The van der Waals surface area contributed by atoms with Gasteiger partial charge < -0.3 is 0 Å². The number of aromatic amines is 1. The van der Waals surface area contributed by atoms with E-state index >= 15 is 0 Å². The third-order valence-electron chi connectivity index (χ3n) is 2.30. The third kappa shape index (κ3) is 3.00. The summed E-state index contributed by atoms with van der Waals surface area (Å²) in [4.78, 5) is 21.8. The number of aryl methyl sites for hydroxylation is 1. The minimum atomic E-state index is -0.207. The lowest BCUT2D eigenvalue weighted by atomic mass is 10.2. The Hall–Kier alpha value is -2.50. The van der Waals surface area contributed by atoms with Crippen LogP contribution in [0.15, 0.2) is 40.5 Å². The monoisotopic (exact) mass is 243 g/mol. The summed E-state index contributed by atoms with van der Waals surface area (Å²) in [7, 11) is 0. The Morgan fingerprint density at radius 1 is 1.39 bits per heavy atom. The van der Waals surface area contributed by atoms with Crippen LogP contribution < -0.4 is 11.0 Å². The summed E-state index contributed by atoms with van der Waals surface area (Å²) < 4.78 is 0. The first-order valence-electron chi connectivity index (χ1n) is 5.44. The van der Waals surface area contributed by atoms with E-state index in [4.69, 9.17) is 0 Å². The molecule has 18 heavy (non-hydrogen) atoms. The fourth-order valence-electron chi connectivity index (χ4n) is 1.43. The highest BCUT2D eigenvalue weighted by Crippen LogP contribution is 2.01. The zero-order valence-corrected chi connectivity index (χ0v) is 10.1. The van der Waals surface area contributed by atoms with Crippen LogP contribution in [0.4, 0.5) is 5.95 Å². The van der Waals surface area contributed by atoms with Gasteiger partial charge in [-0.3, -0.25) is 14.8 Å². The van der Waals surface area contributed by atoms with Crippen LogP contribution in [0.5, 0.6) is 0 Å². The molecule has 6 nitrogen and oxygen atoms in total. The molecule has 0 aliphatic rings. The van der Waals surface area contributed by atoms with Crippen molar-refractivity contribution in [3.63, 3.8) is 0 Å². The predicted molar refractivity (Wildman–Crippen MR) is 69.7 cm³/mol. The number of aromatic nitrogens is 3. The van der Waals surface area contributed by atoms with Gasteiger partial charge in [0.1, 0.15) is 0 Å². The summed E-state index contributed by atoms with van der Waals surface area (Å²) in [6, 6.07) is 5.13. The maximum absolute atomic E-state index is 11.2. The molecule has 2 aromatic heterocycles. The Balaban J connectivity index is 2.18. The normalized spacial score (nSPS) is 11.3. The van der Waals surface area contributed by atoms with E-state index in [0.717, 1.165) is 11.3 Å². The third-order valence-corrected chi connectivity index (χ3v) is 2.30. The first kappa shape index (κ1) is 12.0. The number of hydrogen-bond acceptors (Lipinski definition) is 5. The van der Waals surface area contributed by atoms with Gasteiger partial charge in [-0.05, 0) is 26.0 Å². The summed E-state index contributed by atoms with van der Waals surface area (Å²) >= 11 is 0. The average molecular weight is 243 g/mol. The maximum atomic E-state index is 11.2. The van der Waals surface area contributed by atoms with Crippen LogP contribution in [0.2, 0.25) is 0 Å². The Morgan fingerprint density at radius 3 is 2.78 bits per heavy atom. The topological polar surface area (TPSA) is 83.0 Å². The molecule has 0 aliphatic carbocycles. The second-order valence-electron chi connectivity index (χ2n) is 3.78.